The van der Waals surface area contributed by atoms with Crippen LogP contribution in [0.3, 0.4) is 0 Å². The third-order valence-electron chi connectivity index (χ3n) is 7.09. The number of ketones is 1. The first-order valence-corrected chi connectivity index (χ1v) is 13.2. The first-order valence-electron chi connectivity index (χ1n) is 11.7. The summed E-state index contributed by atoms with van der Waals surface area (Å²) in [6.07, 6.45) is -3.53. The fraction of sp³-hybridized carbons (Fsp3) is 0.360. The SMILES string of the molecule is O=C(CCc1cc(-c2ccc(C(F)(F)F)nc2)ncn1)[C@@H]1CC2(CN1S(=O)(=O)c1ccc(F)cc1)CC2(F)F. The lowest BCUT2D eigenvalue weighted by Gasteiger charge is -2.23. The molecular weight excluding hydrogens is 550 g/mol. The molecule has 0 N–H and O–H groups in total. The fourth-order valence-corrected chi connectivity index (χ4v) is 6.51. The Kier molecular flexibility index (Phi) is 6.53. The normalized spacial score (nSPS) is 22.8. The molecule has 1 spiro atoms. The molecule has 3 heterocycles. The van der Waals surface area contributed by atoms with Gasteiger partial charge in [-0.25, -0.2) is 31.6 Å². The molecule has 2 atom stereocenters. The van der Waals surface area contributed by atoms with Crippen LogP contribution in [-0.4, -0.2) is 52.0 Å². The molecule has 2 aromatic heterocycles. The van der Waals surface area contributed by atoms with Crippen LogP contribution in [0.15, 0.2) is 59.9 Å². The average Bonchev–Trinajstić information content (AvgIpc) is 3.20. The van der Waals surface area contributed by atoms with Gasteiger partial charge < -0.3 is 0 Å². The van der Waals surface area contributed by atoms with Crippen LogP contribution in [0, 0.1) is 11.2 Å². The Morgan fingerprint density at radius 2 is 1.74 bits per heavy atom. The molecule has 1 saturated heterocycles. The Morgan fingerprint density at radius 3 is 2.33 bits per heavy atom. The van der Waals surface area contributed by atoms with Gasteiger partial charge in [0.2, 0.25) is 10.0 Å². The maximum Gasteiger partial charge on any atom is 0.433 e. The van der Waals surface area contributed by atoms with Crippen LogP contribution in [0.2, 0.25) is 0 Å². The van der Waals surface area contributed by atoms with Crippen molar-refractivity contribution in [1.29, 1.82) is 0 Å². The summed E-state index contributed by atoms with van der Waals surface area (Å²) < 4.78 is 107. The maximum absolute atomic E-state index is 14.2. The molecule has 39 heavy (non-hydrogen) atoms. The third-order valence-corrected chi connectivity index (χ3v) is 8.96. The molecule has 1 aliphatic carbocycles. The lowest BCUT2D eigenvalue weighted by molar-refractivity contribution is -0.141. The van der Waals surface area contributed by atoms with Crippen molar-refractivity contribution in [2.45, 2.75) is 48.7 Å². The highest BCUT2D eigenvalue weighted by molar-refractivity contribution is 7.89. The van der Waals surface area contributed by atoms with E-state index in [-0.39, 0.29) is 35.4 Å². The first kappa shape index (κ1) is 27.2. The van der Waals surface area contributed by atoms with E-state index in [1.54, 1.807) is 0 Å². The molecule has 3 aromatic rings. The van der Waals surface area contributed by atoms with Crippen LogP contribution in [-0.2, 0) is 27.4 Å². The van der Waals surface area contributed by atoms with E-state index in [0.29, 0.717) is 5.69 Å². The second kappa shape index (κ2) is 9.37. The van der Waals surface area contributed by atoms with Crippen molar-refractivity contribution in [3.05, 3.63) is 72.2 Å². The summed E-state index contributed by atoms with van der Waals surface area (Å²) in [5.74, 6) is -4.36. The number of carbonyl (C=O) groups is 1. The van der Waals surface area contributed by atoms with Crippen molar-refractivity contribution in [1.82, 2.24) is 19.3 Å². The molecule has 2 fully saturated rings. The van der Waals surface area contributed by atoms with E-state index in [1.807, 2.05) is 0 Å². The second-order valence-corrected chi connectivity index (χ2v) is 11.6. The van der Waals surface area contributed by atoms with Crippen molar-refractivity contribution in [3.63, 3.8) is 0 Å². The lowest BCUT2D eigenvalue weighted by Crippen LogP contribution is -2.40. The number of nitrogens with zero attached hydrogens (tertiary/aromatic N) is 4. The number of rotatable bonds is 7. The molecule has 2 aliphatic rings. The van der Waals surface area contributed by atoms with Gasteiger partial charge in [-0.1, -0.05) is 0 Å². The van der Waals surface area contributed by atoms with E-state index >= 15 is 0 Å². The van der Waals surface area contributed by atoms with Crippen LogP contribution in [0.5, 0.6) is 0 Å². The van der Waals surface area contributed by atoms with Gasteiger partial charge >= 0.3 is 6.18 Å². The summed E-state index contributed by atoms with van der Waals surface area (Å²) in [5, 5.41) is 0. The monoisotopic (exact) mass is 570 g/mol. The van der Waals surface area contributed by atoms with E-state index < -0.39 is 63.8 Å². The summed E-state index contributed by atoms with van der Waals surface area (Å²) in [6.45, 7) is -0.533. The molecule has 1 unspecified atom stereocenters. The third kappa shape index (κ3) is 5.14. The molecule has 14 heteroatoms. The average molecular weight is 571 g/mol. The van der Waals surface area contributed by atoms with Crippen molar-refractivity contribution in [3.8, 4) is 11.3 Å². The largest absolute Gasteiger partial charge is 0.433 e. The van der Waals surface area contributed by atoms with E-state index in [4.69, 9.17) is 0 Å². The van der Waals surface area contributed by atoms with Crippen molar-refractivity contribution in [2.24, 2.45) is 5.41 Å². The van der Waals surface area contributed by atoms with Gasteiger partial charge in [0, 0.05) is 36.8 Å². The Bertz CT molecular complexity index is 1510. The summed E-state index contributed by atoms with van der Waals surface area (Å²) in [5.41, 5.74) is -1.82. The van der Waals surface area contributed by atoms with Crippen LogP contribution in [0.4, 0.5) is 26.3 Å². The summed E-state index contributed by atoms with van der Waals surface area (Å²) in [4.78, 5) is 24.4. The number of Topliss-reactive ketones (excluding diaryl/α,β-unsaturated/α-hetero) is 1. The van der Waals surface area contributed by atoms with Crippen LogP contribution in [0.25, 0.3) is 11.3 Å². The minimum absolute atomic E-state index is 0.00669. The highest BCUT2D eigenvalue weighted by Gasteiger charge is 2.75. The lowest BCUT2D eigenvalue weighted by atomic mass is 9.97. The highest BCUT2D eigenvalue weighted by Crippen LogP contribution is 2.66. The molecule has 0 amide bonds. The van der Waals surface area contributed by atoms with Gasteiger partial charge in [-0.2, -0.15) is 17.5 Å². The van der Waals surface area contributed by atoms with Crippen molar-refractivity contribution in [2.75, 3.05) is 6.54 Å². The number of aryl methyl sites for hydroxylation is 1. The maximum atomic E-state index is 14.2. The number of aromatic nitrogens is 3. The topological polar surface area (TPSA) is 93.1 Å². The van der Waals surface area contributed by atoms with E-state index in [0.717, 1.165) is 47.2 Å². The van der Waals surface area contributed by atoms with Crippen molar-refractivity contribution < 1.29 is 39.6 Å². The molecule has 206 valence electrons. The van der Waals surface area contributed by atoms with Crippen molar-refractivity contribution >= 4 is 15.8 Å². The molecule has 1 aliphatic heterocycles. The Hall–Kier alpha value is -3.39. The van der Waals surface area contributed by atoms with Gasteiger partial charge in [0.05, 0.1) is 22.0 Å². The summed E-state index contributed by atoms with van der Waals surface area (Å²) in [7, 11) is -4.37. The highest BCUT2D eigenvalue weighted by atomic mass is 32.2. The van der Waals surface area contributed by atoms with Gasteiger partial charge in [0.25, 0.3) is 5.92 Å². The van der Waals surface area contributed by atoms with Crippen LogP contribution in [0.1, 0.15) is 30.7 Å². The fourth-order valence-electron chi connectivity index (χ4n) is 4.81. The molecule has 1 aromatic carbocycles. The Labute approximate surface area is 219 Å². The Morgan fingerprint density at radius 1 is 1.05 bits per heavy atom. The predicted molar refractivity (Wildman–Crippen MR) is 124 cm³/mol. The standard InChI is InChI=1S/C25H20F6N4O3S/c26-16-2-5-18(6-3-16)39(37,38)35-13-23(12-24(23,27)28)10-20(35)21(36)7-4-17-9-19(34-14-33-17)15-1-8-22(32-11-15)25(29,30)31/h1-3,5-6,8-9,11,14,20H,4,7,10,12-13H2/t20-,23?/m0/s1. The second-order valence-electron chi connectivity index (χ2n) is 9.68. The number of halogens is 6. The van der Waals surface area contributed by atoms with Crippen LogP contribution < -0.4 is 0 Å². The van der Waals surface area contributed by atoms with Gasteiger partial charge in [-0.15, -0.1) is 0 Å². The Balaban J connectivity index is 1.33. The van der Waals surface area contributed by atoms with E-state index in [9.17, 15) is 39.6 Å². The van der Waals surface area contributed by atoms with Gasteiger partial charge in [-0.3, -0.25) is 9.78 Å². The number of hydrogen-bond acceptors (Lipinski definition) is 6. The van der Waals surface area contributed by atoms with E-state index in [2.05, 4.69) is 15.0 Å². The number of alkyl halides is 5. The zero-order chi connectivity index (χ0) is 28.2. The first-order chi connectivity index (χ1) is 18.2. The number of benzene rings is 1. The number of sulfonamides is 1. The predicted octanol–water partition coefficient (Wildman–Crippen LogP) is 4.69. The van der Waals surface area contributed by atoms with Crippen LogP contribution >= 0.6 is 0 Å². The van der Waals surface area contributed by atoms with E-state index in [1.165, 1.54) is 12.1 Å². The minimum Gasteiger partial charge on any atom is -0.298 e. The summed E-state index contributed by atoms with van der Waals surface area (Å²) in [6, 6.07) is 6.01. The molecule has 0 radical (unpaired) electrons. The molecule has 1 saturated carbocycles. The molecular formula is C25H20F6N4O3S. The van der Waals surface area contributed by atoms with Gasteiger partial charge in [0.15, 0.2) is 5.78 Å². The van der Waals surface area contributed by atoms with Gasteiger partial charge in [-0.05, 0) is 55.3 Å². The molecule has 5 rings (SSSR count). The smallest absolute Gasteiger partial charge is 0.298 e. The quantitative estimate of drug-likeness (QED) is 0.383. The zero-order valence-corrected chi connectivity index (χ0v) is 20.8. The number of hydrogen-bond donors (Lipinski definition) is 0. The summed E-state index contributed by atoms with van der Waals surface area (Å²) >= 11 is 0. The number of pyridine rings is 1. The number of carbonyl (C=O) groups excluding carboxylic acids is 1. The molecule has 7 nitrogen and oxygen atoms in total. The minimum atomic E-state index is -4.60. The molecule has 0 bridgehead atoms. The van der Waals surface area contributed by atoms with Gasteiger partial charge in [0.1, 0.15) is 17.8 Å². The zero-order valence-electron chi connectivity index (χ0n) is 20.0.